The van der Waals surface area contributed by atoms with Crippen molar-refractivity contribution in [2.45, 2.75) is 17.8 Å². The maximum Gasteiger partial charge on any atom is 0.122 e. The Bertz CT molecular complexity index is 258. The monoisotopic (exact) mass is 276 g/mol. The van der Waals surface area contributed by atoms with E-state index in [1.165, 1.54) is 11.1 Å². The lowest BCUT2D eigenvalue weighted by molar-refractivity contribution is 0.411. The molecule has 0 radical (unpaired) electrons. The van der Waals surface area contributed by atoms with Crippen LogP contribution in [0, 0.1) is 0 Å². The summed E-state index contributed by atoms with van der Waals surface area (Å²) in [7, 11) is 1.72. The number of alkyl halides is 1. The van der Waals surface area contributed by atoms with Crippen LogP contribution in [0.3, 0.4) is 0 Å². The summed E-state index contributed by atoms with van der Waals surface area (Å²) < 4.78 is 6.24. The molecule has 0 atom stereocenters. The lowest BCUT2D eigenvalue weighted by Gasteiger charge is -2.07. The highest BCUT2D eigenvalue weighted by molar-refractivity contribution is 14.1. The van der Waals surface area contributed by atoms with E-state index in [1.54, 1.807) is 7.11 Å². The number of aryl methyl sites for hydroxylation is 1. The second-order valence-electron chi connectivity index (χ2n) is 2.63. The minimum Gasteiger partial charge on any atom is -0.496 e. The van der Waals surface area contributed by atoms with Crippen LogP contribution in [0.25, 0.3) is 0 Å². The molecule has 1 nitrogen and oxygen atoms in total. The van der Waals surface area contributed by atoms with E-state index in [-0.39, 0.29) is 0 Å². The van der Waals surface area contributed by atoms with Gasteiger partial charge in [-0.25, -0.2) is 0 Å². The van der Waals surface area contributed by atoms with E-state index in [4.69, 9.17) is 4.74 Å². The Balaban J connectivity index is 3.02. The van der Waals surface area contributed by atoms with Crippen LogP contribution >= 0.6 is 22.6 Å². The van der Waals surface area contributed by atoms with Gasteiger partial charge in [0.2, 0.25) is 0 Å². The largest absolute Gasteiger partial charge is 0.496 e. The summed E-state index contributed by atoms with van der Waals surface area (Å²) in [6.07, 6.45) is 1.09. The van der Waals surface area contributed by atoms with E-state index in [0.29, 0.717) is 0 Å². The number of rotatable bonds is 3. The third-order valence-corrected chi connectivity index (χ3v) is 2.72. The molecule has 0 aromatic heterocycles. The van der Waals surface area contributed by atoms with Crippen LogP contribution in [-0.4, -0.2) is 7.11 Å². The highest BCUT2D eigenvalue weighted by Gasteiger charge is 2.01. The van der Waals surface area contributed by atoms with Gasteiger partial charge in [0.05, 0.1) is 7.11 Å². The van der Waals surface area contributed by atoms with Gasteiger partial charge in [0.15, 0.2) is 0 Å². The molecular formula is C10H13IO. The van der Waals surface area contributed by atoms with Crippen molar-refractivity contribution >= 4 is 22.6 Å². The minimum atomic E-state index is 1.00. The lowest BCUT2D eigenvalue weighted by atomic mass is 10.1. The van der Waals surface area contributed by atoms with E-state index >= 15 is 0 Å². The summed E-state index contributed by atoms with van der Waals surface area (Å²) >= 11 is 2.36. The summed E-state index contributed by atoms with van der Waals surface area (Å²) in [6, 6.07) is 6.38. The standard InChI is InChI=1S/C10H13IO/c1-3-8-4-5-10(12-2)9(6-8)7-11/h4-6H,3,7H2,1-2H3. The van der Waals surface area contributed by atoms with Gasteiger partial charge in [-0.05, 0) is 18.1 Å². The molecular weight excluding hydrogens is 263 g/mol. The first kappa shape index (κ1) is 9.84. The highest BCUT2D eigenvalue weighted by atomic mass is 127. The summed E-state index contributed by atoms with van der Waals surface area (Å²) in [5.74, 6) is 1.00. The number of methoxy groups -OCH3 is 1. The predicted octanol–water partition coefficient (Wildman–Crippen LogP) is 3.19. The first-order valence-electron chi connectivity index (χ1n) is 4.03. The van der Waals surface area contributed by atoms with Crippen LogP contribution in [0.1, 0.15) is 18.1 Å². The average molecular weight is 276 g/mol. The maximum atomic E-state index is 5.23. The Morgan fingerprint density at radius 3 is 2.67 bits per heavy atom. The van der Waals surface area contributed by atoms with E-state index in [0.717, 1.165) is 16.6 Å². The molecule has 2 heteroatoms. The van der Waals surface area contributed by atoms with Crippen LogP contribution in [0.2, 0.25) is 0 Å². The molecule has 0 aliphatic carbocycles. The molecule has 0 saturated heterocycles. The van der Waals surface area contributed by atoms with Crippen LogP contribution in [0.15, 0.2) is 18.2 Å². The number of halogens is 1. The molecule has 0 fully saturated rings. The van der Waals surface area contributed by atoms with Crippen molar-refractivity contribution in [1.82, 2.24) is 0 Å². The molecule has 1 aromatic rings. The second kappa shape index (κ2) is 4.70. The van der Waals surface area contributed by atoms with Crippen molar-refractivity contribution in [2.24, 2.45) is 0 Å². The number of benzene rings is 1. The van der Waals surface area contributed by atoms with Gasteiger partial charge in [-0.1, -0.05) is 41.6 Å². The average Bonchev–Trinajstić information content (AvgIpc) is 2.16. The third kappa shape index (κ3) is 2.12. The van der Waals surface area contributed by atoms with E-state index in [2.05, 4.69) is 41.6 Å². The van der Waals surface area contributed by atoms with Crippen molar-refractivity contribution < 1.29 is 4.74 Å². The molecule has 66 valence electrons. The van der Waals surface area contributed by atoms with Gasteiger partial charge in [0.1, 0.15) is 5.75 Å². The Kier molecular flexibility index (Phi) is 3.85. The van der Waals surface area contributed by atoms with Crippen molar-refractivity contribution in [1.29, 1.82) is 0 Å². The quantitative estimate of drug-likeness (QED) is 0.608. The van der Waals surface area contributed by atoms with Crippen molar-refractivity contribution in [3.63, 3.8) is 0 Å². The molecule has 0 saturated carbocycles. The molecule has 1 rings (SSSR count). The molecule has 1 aromatic carbocycles. The Hall–Kier alpha value is -0.250. The van der Waals surface area contributed by atoms with E-state index < -0.39 is 0 Å². The van der Waals surface area contributed by atoms with Crippen LogP contribution < -0.4 is 4.74 Å². The Morgan fingerprint density at radius 1 is 1.42 bits per heavy atom. The van der Waals surface area contributed by atoms with Crippen molar-refractivity contribution in [2.75, 3.05) is 7.11 Å². The summed E-state index contributed by atoms with van der Waals surface area (Å²) in [5.41, 5.74) is 2.67. The zero-order valence-corrected chi connectivity index (χ0v) is 9.59. The van der Waals surface area contributed by atoms with Crippen LogP contribution in [-0.2, 0) is 10.8 Å². The molecule has 0 aliphatic rings. The van der Waals surface area contributed by atoms with Crippen LogP contribution in [0.5, 0.6) is 5.75 Å². The van der Waals surface area contributed by atoms with Crippen molar-refractivity contribution in [3.05, 3.63) is 29.3 Å². The fraction of sp³-hybridized carbons (Fsp3) is 0.400. The van der Waals surface area contributed by atoms with Gasteiger partial charge >= 0.3 is 0 Å². The predicted molar refractivity (Wildman–Crippen MR) is 60.1 cm³/mol. The summed E-state index contributed by atoms with van der Waals surface area (Å²) in [6.45, 7) is 2.17. The minimum absolute atomic E-state index is 1.00. The molecule has 0 heterocycles. The summed E-state index contributed by atoms with van der Waals surface area (Å²) in [5, 5.41) is 0. The van der Waals surface area contributed by atoms with Gasteiger partial charge in [-0.15, -0.1) is 0 Å². The molecule has 0 aliphatic heterocycles. The van der Waals surface area contributed by atoms with Crippen molar-refractivity contribution in [3.8, 4) is 5.75 Å². The molecule has 0 N–H and O–H groups in total. The van der Waals surface area contributed by atoms with Gasteiger partial charge in [-0.2, -0.15) is 0 Å². The number of ether oxygens (including phenoxy) is 1. The smallest absolute Gasteiger partial charge is 0.122 e. The first-order chi connectivity index (χ1) is 5.81. The zero-order valence-electron chi connectivity index (χ0n) is 7.43. The van der Waals surface area contributed by atoms with E-state index in [1.807, 2.05) is 6.07 Å². The molecule has 12 heavy (non-hydrogen) atoms. The van der Waals surface area contributed by atoms with Gasteiger partial charge in [0.25, 0.3) is 0 Å². The van der Waals surface area contributed by atoms with Gasteiger partial charge in [-0.3, -0.25) is 0 Å². The second-order valence-corrected chi connectivity index (χ2v) is 3.40. The molecule has 0 bridgehead atoms. The zero-order chi connectivity index (χ0) is 8.97. The molecule has 0 amide bonds. The normalized spacial score (nSPS) is 9.92. The molecule has 0 spiro atoms. The van der Waals surface area contributed by atoms with Crippen LogP contribution in [0.4, 0.5) is 0 Å². The molecule has 0 unspecified atom stereocenters. The summed E-state index contributed by atoms with van der Waals surface area (Å²) in [4.78, 5) is 0. The first-order valence-corrected chi connectivity index (χ1v) is 5.56. The maximum absolute atomic E-state index is 5.23. The Labute approximate surface area is 87.3 Å². The number of hydrogen-bond donors (Lipinski definition) is 0. The number of hydrogen-bond acceptors (Lipinski definition) is 1. The van der Waals surface area contributed by atoms with Gasteiger partial charge in [0, 0.05) is 9.99 Å². The Morgan fingerprint density at radius 2 is 2.17 bits per heavy atom. The fourth-order valence-corrected chi connectivity index (χ4v) is 1.75. The topological polar surface area (TPSA) is 9.23 Å². The van der Waals surface area contributed by atoms with E-state index in [9.17, 15) is 0 Å². The lowest BCUT2D eigenvalue weighted by Crippen LogP contribution is -1.90. The highest BCUT2D eigenvalue weighted by Crippen LogP contribution is 2.22. The van der Waals surface area contributed by atoms with Gasteiger partial charge < -0.3 is 4.74 Å². The fourth-order valence-electron chi connectivity index (χ4n) is 1.16. The third-order valence-electron chi connectivity index (χ3n) is 1.90. The SMILES string of the molecule is CCc1ccc(OC)c(CI)c1.